The van der Waals surface area contributed by atoms with Gasteiger partial charge >= 0.3 is 0 Å². The molecule has 0 aliphatic heterocycles. The summed E-state index contributed by atoms with van der Waals surface area (Å²) < 4.78 is 12.9. The van der Waals surface area contributed by atoms with E-state index in [0.29, 0.717) is 5.82 Å². The van der Waals surface area contributed by atoms with Crippen LogP contribution in [0.3, 0.4) is 0 Å². The van der Waals surface area contributed by atoms with Crippen LogP contribution in [0.25, 0.3) is 22.3 Å². The van der Waals surface area contributed by atoms with Gasteiger partial charge in [0, 0.05) is 35.3 Å². The van der Waals surface area contributed by atoms with E-state index in [4.69, 9.17) is 9.47 Å². The molecule has 0 saturated heterocycles. The minimum absolute atomic E-state index is 0.590. The number of rotatable bonds is 5. The predicted octanol–water partition coefficient (Wildman–Crippen LogP) is 2.89. The number of benzene rings is 2. The van der Waals surface area contributed by atoms with Crippen LogP contribution in [0.2, 0.25) is 0 Å². The summed E-state index contributed by atoms with van der Waals surface area (Å²) in [5.41, 5.74) is 3.17. The summed E-state index contributed by atoms with van der Waals surface area (Å²) in [7, 11) is 3.31. The second-order valence-electron chi connectivity index (χ2n) is 5.67. The van der Waals surface area contributed by atoms with Gasteiger partial charge in [-0.1, -0.05) is 0 Å². The first-order chi connectivity index (χ1) is 12.3. The van der Waals surface area contributed by atoms with E-state index in [1.807, 2.05) is 24.3 Å². The van der Waals surface area contributed by atoms with Crippen LogP contribution in [0.4, 0.5) is 0 Å². The van der Waals surface area contributed by atoms with Crippen molar-refractivity contribution >= 4 is 10.9 Å². The van der Waals surface area contributed by atoms with Gasteiger partial charge in [0.2, 0.25) is 5.82 Å². The second-order valence-corrected chi connectivity index (χ2v) is 5.67. The molecule has 0 spiro atoms. The van der Waals surface area contributed by atoms with Crippen molar-refractivity contribution in [3.05, 3.63) is 54.2 Å². The lowest BCUT2D eigenvalue weighted by atomic mass is 10.1. The molecule has 4 aromatic rings. The Kier molecular flexibility index (Phi) is 3.81. The maximum Gasteiger partial charge on any atom is 0.204 e. The minimum Gasteiger partial charge on any atom is -0.497 e. The van der Waals surface area contributed by atoms with E-state index < -0.39 is 0 Å². The third-order valence-corrected chi connectivity index (χ3v) is 4.14. The van der Waals surface area contributed by atoms with Gasteiger partial charge in [-0.15, -0.1) is 10.2 Å². The lowest BCUT2D eigenvalue weighted by Crippen LogP contribution is -1.99. The second kappa shape index (κ2) is 6.27. The number of aromatic amines is 1. The van der Waals surface area contributed by atoms with E-state index in [2.05, 4.69) is 49.6 Å². The van der Waals surface area contributed by atoms with Crippen LogP contribution in [0.15, 0.2) is 48.7 Å². The fourth-order valence-corrected chi connectivity index (χ4v) is 2.92. The SMILES string of the molecule is COc1cc(Cn2ccc3cc(-c4nn[nH]n4)ccc32)cc(OC)c1. The number of aromatic nitrogens is 5. The lowest BCUT2D eigenvalue weighted by molar-refractivity contribution is 0.393. The van der Waals surface area contributed by atoms with Crippen LogP contribution >= 0.6 is 0 Å². The van der Waals surface area contributed by atoms with Gasteiger partial charge < -0.3 is 14.0 Å². The van der Waals surface area contributed by atoms with Gasteiger partial charge in [-0.2, -0.15) is 5.21 Å². The first-order valence-corrected chi connectivity index (χ1v) is 7.81. The summed E-state index contributed by atoms with van der Waals surface area (Å²) in [4.78, 5) is 0. The van der Waals surface area contributed by atoms with Crippen LogP contribution in [-0.2, 0) is 6.54 Å². The number of hydrogen-bond donors (Lipinski definition) is 1. The summed E-state index contributed by atoms with van der Waals surface area (Å²) in [6, 6.07) is 14.1. The zero-order valence-electron chi connectivity index (χ0n) is 13.9. The van der Waals surface area contributed by atoms with Crippen LogP contribution in [0, 0.1) is 0 Å². The lowest BCUT2D eigenvalue weighted by Gasteiger charge is -2.10. The molecule has 0 atom stereocenters. The van der Waals surface area contributed by atoms with Crippen molar-refractivity contribution in [3.8, 4) is 22.9 Å². The minimum atomic E-state index is 0.590. The topological polar surface area (TPSA) is 77.9 Å². The zero-order valence-corrected chi connectivity index (χ0v) is 13.9. The molecule has 1 N–H and O–H groups in total. The van der Waals surface area contributed by atoms with Gasteiger partial charge in [0.1, 0.15) is 11.5 Å². The average molecular weight is 335 g/mol. The Hall–Kier alpha value is -3.35. The molecule has 0 fully saturated rings. The summed E-state index contributed by atoms with van der Waals surface area (Å²) in [6.07, 6.45) is 2.07. The highest BCUT2D eigenvalue weighted by Gasteiger charge is 2.08. The predicted molar refractivity (Wildman–Crippen MR) is 93.8 cm³/mol. The van der Waals surface area contributed by atoms with E-state index in [1.165, 1.54) is 0 Å². The number of tetrazole rings is 1. The highest BCUT2D eigenvalue weighted by molar-refractivity contribution is 5.84. The molecule has 0 aliphatic rings. The van der Waals surface area contributed by atoms with Crippen LogP contribution in [0.5, 0.6) is 11.5 Å². The van der Waals surface area contributed by atoms with E-state index in [1.54, 1.807) is 14.2 Å². The van der Waals surface area contributed by atoms with Gasteiger partial charge in [0.25, 0.3) is 0 Å². The number of ether oxygens (including phenoxy) is 2. The fourth-order valence-electron chi connectivity index (χ4n) is 2.92. The number of fused-ring (bicyclic) bond motifs is 1. The van der Waals surface area contributed by atoms with Crippen LogP contribution in [-0.4, -0.2) is 39.4 Å². The van der Waals surface area contributed by atoms with Crippen molar-refractivity contribution in [3.63, 3.8) is 0 Å². The first-order valence-electron chi connectivity index (χ1n) is 7.81. The molecular weight excluding hydrogens is 318 g/mol. The molecule has 0 saturated carbocycles. The van der Waals surface area contributed by atoms with Crippen LogP contribution < -0.4 is 9.47 Å². The number of methoxy groups -OCH3 is 2. The molecule has 2 heterocycles. The van der Waals surface area contributed by atoms with Gasteiger partial charge in [-0.25, -0.2) is 0 Å². The summed E-state index contributed by atoms with van der Waals surface area (Å²) in [5, 5.41) is 15.3. The number of nitrogens with one attached hydrogen (secondary N) is 1. The monoisotopic (exact) mass is 335 g/mol. The van der Waals surface area contributed by atoms with E-state index in [0.717, 1.165) is 40.1 Å². The molecule has 25 heavy (non-hydrogen) atoms. The Morgan fingerprint density at radius 3 is 2.48 bits per heavy atom. The molecule has 7 nitrogen and oxygen atoms in total. The average Bonchev–Trinajstić information content (AvgIpc) is 3.31. The van der Waals surface area contributed by atoms with Gasteiger partial charge in [0.05, 0.1) is 14.2 Å². The molecule has 0 radical (unpaired) electrons. The van der Waals surface area contributed by atoms with E-state index in [-0.39, 0.29) is 0 Å². The Morgan fingerprint density at radius 2 is 1.80 bits per heavy atom. The first kappa shape index (κ1) is 15.2. The molecule has 2 aromatic carbocycles. The molecule has 2 aromatic heterocycles. The number of hydrogen-bond acceptors (Lipinski definition) is 5. The molecule has 0 amide bonds. The highest BCUT2D eigenvalue weighted by atomic mass is 16.5. The van der Waals surface area contributed by atoms with Crippen molar-refractivity contribution < 1.29 is 9.47 Å². The maximum absolute atomic E-state index is 5.35. The Balaban J connectivity index is 1.68. The molecule has 0 unspecified atom stereocenters. The smallest absolute Gasteiger partial charge is 0.204 e. The highest BCUT2D eigenvalue weighted by Crippen LogP contribution is 2.26. The third-order valence-electron chi connectivity index (χ3n) is 4.14. The van der Waals surface area contributed by atoms with Crippen molar-refractivity contribution in [2.45, 2.75) is 6.54 Å². The van der Waals surface area contributed by atoms with Crippen molar-refractivity contribution in [2.24, 2.45) is 0 Å². The zero-order chi connectivity index (χ0) is 17.2. The largest absolute Gasteiger partial charge is 0.497 e. The molecule has 4 rings (SSSR count). The van der Waals surface area contributed by atoms with Gasteiger partial charge in [-0.3, -0.25) is 0 Å². The number of nitrogens with zero attached hydrogens (tertiary/aromatic N) is 4. The van der Waals surface area contributed by atoms with Crippen molar-refractivity contribution in [2.75, 3.05) is 14.2 Å². The summed E-state index contributed by atoms with van der Waals surface area (Å²) in [6.45, 7) is 0.721. The fraction of sp³-hybridized carbons (Fsp3) is 0.167. The van der Waals surface area contributed by atoms with Crippen molar-refractivity contribution in [1.82, 2.24) is 25.2 Å². The summed E-state index contributed by atoms with van der Waals surface area (Å²) in [5.74, 6) is 2.16. The Labute approximate surface area is 144 Å². The molecule has 7 heteroatoms. The summed E-state index contributed by atoms with van der Waals surface area (Å²) >= 11 is 0. The quantitative estimate of drug-likeness (QED) is 0.607. The molecule has 126 valence electrons. The van der Waals surface area contributed by atoms with Gasteiger partial charge in [-0.05, 0) is 47.2 Å². The Bertz CT molecular complexity index is 985. The van der Waals surface area contributed by atoms with Crippen molar-refractivity contribution in [1.29, 1.82) is 0 Å². The normalized spacial score (nSPS) is 11.0. The third kappa shape index (κ3) is 2.91. The molecular formula is C18H17N5O2. The standard InChI is InChI=1S/C18H17N5O2/c1-24-15-7-12(8-16(10-15)25-2)11-23-6-5-13-9-14(3-4-17(13)23)18-19-21-22-20-18/h3-10H,11H2,1-2H3,(H,19,20,21,22). The van der Waals surface area contributed by atoms with E-state index in [9.17, 15) is 0 Å². The molecule has 0 bridgehead atoms. The Morgan fingerprint density at radius 1 is 1.00 bits per heavy atom. The van der Waals surface area contributed by atoms with E-state index >= 15 is 0 Å². The molecule has 0 aliphatic carbocycles. The van der Waals surface area contributed by atoms with Crippen LogP contribution in [0.1, 0.15) is 5.56 Å². The number of H-pyrrole nitrogens is 1. The van der Waals surface area contributed by atoms with Gasteiger partial charge in [0.15, 0.2) is 0 Å². The maximum atomic E-state index is 5.35.